The average Bonchev–Trinajstić information content (AvgIpc) is 2.46. The van der Waals surface area contributed by atoms with E-state index in [0.29, 0.717) is 16.3 Å². The van der Waals surface area contributed by atoms with E-state index in [0.717, 1.165) is 12.8 Å². The summed E-state index contributed by atoms with van der Waals surface area (Å²) in [5.41, 5.74) is 1.85. The number of aryl methyl sites for hydroxylation is 1. The fourth-order valence-corrected chi connectivity index (χ4v) is 2.13. The molecule has 0 aliphatic carbocycles. The number of rotatable bonds is 6. The molecule has 0 aliphatic rings. The highest BCUT2D eigenvalue weighted by molar-refractivity contribution is 6.31. The van der Waals surface area contributed by atoms with Crippen molar-refractivity contribution in [3.8, 4) is 5.75 Å². The van der Waals surface area contributed by atoms with E-state index >= 15 is 0 Å². The molecule has 0 atom stereocenters. The van der Waals surface area contributed by atoms with Gasteiger partial charge in [0.1, 0.15) is 5.75 Å². The van der Waals surface area contributed by atoms with Gasteiger partial charge in [-0.15, -0.1) is 0 Å². The predicted octanol–water partition coefficient (Wildman–Crippen LogP) is 4.55. The van der Waals surface area contributed by atoms with E-state index < -0.39 is 0 Å². The molecule has 104 valence electrons. The van der Waals surface area contributed by atoms with Crippen LogP contribution in [-0.4, -0.2) is 12.4 Å². The monoisotopic (exact) mass is 288 g/mol. The van der Waals surface area contributed by atoms with Crippen LogP contribution in [0.2, 0.25) is 5.02 Å². The smallest absolute Gasteiger partial charge is 0.200 e. The third-order valence-electron chi connectivity index (χ3n) is 2.98. The maximum absolute atomic E-state index is 12.0. The van der Waals surface area contributed by atoms with E-state index in [1.165, 1.54) is 5.56 Å². The Morgan fingerprint density at radius 3 is 2.55 bits per heavy atom. The van der Waals surface area contributed by atoms with Gasteiger partial charge in [-0.1, -0.05) is 49.2 Å². The van der Waals surface area contributed by atoms with Crippen molar-refractivity contribution in [2.24, 2.45) is 0 Å². The molecule has 2 aromatic carbocycles. The van der Waals surface area contributed by atoms with Gasteiger partial charge in [0.15, 0.2) is 12.4 Å². The molecule has 0 amide bonds. The fraction of sp³-hybridized carbons (Fsp3) is 0.235. The van der Waals surface area contributed by atoms with Crippen molar-refractivity contribution in [2.75, 3.05) is 6.61 Å². The second kappa shape index (κ2) is 7.11. The standard InChI is InChI=1S/C17H17ClO2/c1-2-4-13-7-9-16(10-8-13)20-12-17(19)14-5-3-6-15(18)11-14/h3,5-11H,2,4,12H2,1H3. The molecule has 2 rings (SSSR count). The Bertz CT molecular complexity index is 576. The van der Waals surface area contributed by atoms with Crippen molar-refractivity contribution in [1.82, 2.24) is 0 Å². The molecule has 0 saturated heterocycles. The Labute approximate surface area is 124 Å². The van der Waals surface area contributed by atoms with Crippen LogP contribution in [0.25, 0.3) is 0 Å². The molecule has 0 fully saturated rings. The summed E-state index contributed by atoms with van der Waals surface area (Å²) in [7, 11) is 0. The molecule has 0 spiro atoms. The summed E-state index contributed by atoms with van der Waals surface area (Å²) in [6.45, 7) is 2.17. The van der Waals surface area contributed by atoms with Crippen LogP contribution in [0, 0.1) is 0 Å². The lowest BCUT2D eigenvalue weighted by atomic mass is 10.1. The first kappa shape index (κ1) is 14.6. The molecule has 20 heavy (non-hydrogen) atoms. The molecule has 0 aromatic heterocycles. The van der Waals surface area contributed by atoms with Crippen LogP contribution in [0.5, 0.6) is 5.75 Å². The van der Waals surface area contributed by atoms with Gasteiger partial charge in [-0.3, -0.25) is 4.79 Å². The van der Waals surface area contributed by atoms with Crippen LogP contribution in [0.4, 0.5) is 0 Å². The van der Waals surface area contributed by atoms with Crippen LogP contribution in [0.15, 0.2) is 48.5 Å². The van der Waals surface area contributed by atoms with Crippen molar-refractivity contribution in [1.29, 1.82) is 0 Å². The summed E-state index contributed by atoms with van der Waals surface area (Å²) in [6.07, 6.45) is 2.18. The highest BCUT2D eigenvalue weighted by atomic mass is 35.5. The van der Waals surface area contributed by atoms with Crippen LogP contribution in [0.3, 0.4) is 0 Å². The molecule has 0 N–H and O–H groups in total. The first-order valence-electron chi connectivity index (χ1n) is 6.69. The van der Waals surface area contributed by atoms with Crippen molar-refractivity contribution in [3.63, 3.8) is 0 Å². The molecule has 0 heterocycles. The number of ketones is 1. The Kier molecular flexibility index (Phi) is 5.19. The second-order valence-corrected chi connectivity index (χ2v) is 5.05. The number of hydrogen-bond acceptors (Lipinski definition) is 2. The first-order valence-corrected chi connectivity index (χ1v) is 7.07. The fourth-order valence-electron chi connectivity index (χ4n) is 1.94. The van der Waals surface area contributed by atoms with Gasteiger partial charge < -0.3 is 4.74 Å². The summed E-state index contributed by atoms with van der Waals surface area (Å²) in [6, 6.07) is 14.7. The quantitative estimate of drug-likeness (QED) is 0.729. The number of benzene rings is 2. The van der Waals surface area contributed by atoms with Crippen molar-refractivity contribution < 1.29 is 9.53 Å². The van der Waals surface area contributed by atoms with Crippen molar-refractivity contribution >= 4 is 17.4 Å². The molecular formula is C17H17ClO2. The maximum Gasteiger partial charge on any atom is 0.200 e. The van der Waals surface area contributed by atoms with Gasteiger partial charge in [-0.05, 0) is 36.2 Å². The van der Waals surface area contributed by atoms with Gasteiger partial charge in [0.05, 0.1) is 0 Å². The van der Waals surface area contributed by atoms with E-state index in [2.05, 4.69) is 6.92 Å². The normalized spacial score (nSPS) is 10.3. The van der Waals surface area contributed by atoms with Gasteiger partial charge in [0.25, 0.3) is 0 Å². The van der Waals surface area contributed by atoms with Gasteiger partial charge in [0, 0.05) is 10.6 Å². The zero-order chi connectivity index (χ0) is 14.4. The topological polar surface area (TPSA) is 26.3 Å². The molecule has 2 nitrogen and oxygen atoms in total. The highest BCUT2D eigenvalue weighted by Crippen LogP contribution is 2.15. The summed E-state index contributed by atoms with van der Waals surface area (Å²) in [4.78, 5) is 12.0. The zero-order valence-corrected chi connectivity index (χ0v) is 12.2. The maximum atomic E-state index is 12.0. The van der Waals surface area contributed by atoms with Gasteiger partial charge in [-0.2, -0.15) is 0 Å². The van der Waals surface area contributed by atoms with Gasteiger partial charge in [0.2, 0.25) is 0 Å². The van der Waals surface area contributed by atoms with E-state index in [1.807, 2.05) is 24.3 Å². The summed E-state index contributed by atoms with van der Waals surface area (Å²) >= 11 is 5.86. The third kappa shape index (κ3) is 4.10. The van der Waals surface area contributed by atoms with Crippen LogP contribution in [-0.2, 0) is 6.42 Å². The molecule has 0 saturated carbocycles. The number of carbonyl (C=O) groups excluding carboxylic acids is 1. The number of hydrogen-bond donors (Lipinski definition) is 0. The summed E-state index contributed by atoms with van der Waals surface area (Å²) in [5.74, 6) is 0.630. The van der Waals surface area contributed by atoms with Gasteiger partial charge in [-0.25, -0.2) is 0 Å². The molecule has 3 heteroatoms. The average molecular weight is 289 g/mol. The summed E-state index contributed by atoms with van der Waals surface area (Å²) < 4.78 is 5.50. The third-order valence-corrected chi connectivity index (χ3v) is 3.21. The van der Waals surface area contributed by atoms with Crippen molar-refractivity contribution in [2.45, 2.75) is 19.8 Å². The molecular weight excluding hydrogens is 272 g/mol. The lowest BCUT2D eigenvalue weighted by Gasteiger charge is -2.07. The minimum Gasteiger partial charge on any atom is -0.485 e. The van der Waals surface area contributed by atoms with Crippen LogP contribution in [0.1, 0.15) is 29.3 Å². The highest BCUT2D eigenvalue weighted by Gasteiger charge is 2.07. The zero-order valence-electron chi connectivity index (χ0n) is 11.4. The van der Waals surface area contributed by atoms with E-state index in [9.17, 15) is 4.79 Å². The number of Topliss-reactive ketones (excluding diaryl/α,β-unsaturated/α-hetero) is 1. The Hall–Kier alpha value is -1.80. The van der Waals surface area contributed by atoms with Crippen LogP contribution < -0.4 is 4.74 Å². The number of ether oxygens (including phenoxy) is 1. The SMILES string of the molecule is CCCc1ccc(OCC(=O)c2cccc(Cl)c2)cc1. The first-order chi connectivity index (χ1) is 9.69. The Balaban J connectivity index is 1.93. The number of carbonyl (C=O) groups is 1. The lowest BCUT2D eigenvalue weighted by molar-refractivity contribution is 0.0921. The minimum absolute atomic E-state index is 0.0213. The number of halogens is 1. The van der Waals surface area contributed by atoms with Gasteiger partial charge >= 0.3 is 0 Å². The van der Waals surface area contributed by atoms with Crippen LogP contribution >= 0.6 is 11.6 Å². The Morgan fingerprint density at radius 1 is 1.15 bits per heavy atom. The lowest BCUT2D eigenvalue weighted by Crippen LogP contribution is -2.11. The molecule has 0 bridgehead atoms. The van der Waals surface area contributed by atoms with E-state index in [1.54, 1.807) is 24.3 Å². The molecule has 2 aromatic rings. The molecule has 0 radical (unpaired) electrons. The van der Waals surface area contributed by atoms with E-state index in [4.69, 9.17) is 16.3 Å². The predicted molar refractivity (Wildman–Crippen MR) is 81.7 cm³/mol. The minimum atomic E-state index is -0.0786. The second-order valence-electron chi connectivity index (χ2n) is 4.62. The van der Waals surface area contributed by atoms with Crippen molar-refractivity contribution in [3.05, 3.63) is 64.7 Å². The molecule has 0 unspecified atom stereocenters. The van der Waals surface area contributed by atoms with E-state index in [-0.39, 0.29) is 12.4 Å². The summed E-state index contributed by atoms with van der Waals surface area (Å²) in [5, 5.41) is 0.555. The molecule has 0 aliphatic heterocycles. The Morgan fingerprint density at radius 2 is 1.90 bits per heavy atom. The largest absolute Gasteiger partial charge is 0.485 e.